The van der Waals surface area contributed by atoms with Crippen LogP contribution in [0, 0.1) is 0 Å². The largest absolute Gasteiger partial charge is 0.454 e. The first-order chi connectivity index (χ1) is 9.69. The van der Waals surface area contributed by atoms with Crippen molar-refractivity contribution in [3.8, 4) is 11.5 Å². The third-order valence-electron chi connectivity index (χ3n) is 3.38. The highest BCUT2D eigenvalue weighted by Crippen LogP contribution is 2.36. The number of urea groups is 1. The smallest absolute Gasteiger partial charge is 0.325 e. The molecule has 3 rings (SSSR count). The maximum absolute atomic E-state index is 12.3. The molecule has 0 saturated carbocycles. The number of nitrogens with zero attached hydrogens (tertiary/aromatic N) is 2. The van der Waals surface area contributed by atoms with E-state index in [1.54, 1.807) is 24.1 Å². The summed E-state index contributed by atoms with van der Waals surface area (Å²) in [5, 5.41) is 2.51. The van der Waals surface area contributed by atoms with Crippen molar-refractivity contribution >= 4 is 17.6 Å². The van der Waals surface area contributed by atoms with Crippen LogP contribution in [0.3, 0.4) is 0 Å². The Labute approximate surface area is 116 Å². The fourth-order valence-electron chi connectivity index (χ4n) is 2.27. The van der Waals surface area contributed by atoms with Gasteiger partial charge >= 0.3 is 6.03 Å². The number of anilines is 1. The van der Waals surface area contributed by atoms with Crippen molar-refractivity contribution in [2.75, 3.05) is 38.4 Å². The lowest BCUT2D eigenvalue weighted by atomic mass is 10.2. The second-order valence-corrected chi connectivity index (χ2v) is 4.57. The Balaban J connectivity index is 1.75. The van der Waals surface area contributed by atoms with E-state index in [0.717, 1.165) is 5.69 Å². The lowest BCUT2D eigenvalue weighted by Gasteiger charge is -2.18. The molecule has 3 amide bonds. The number of rotatable bonds is 3. The Morgan fingerprint density at radius 2 is 2.10 bits per heavy atom. The van der Waals surface area contributed by atoms with Crippen LogP contribution in [-0.2, 0) is 4.79 Å². The molecule has 1 aromatic carbocycles. The molecule has 0 spiro atoms. The van der Waals surface area contributed by atoms with Crippen LogP contribution in [-0.4, -0.2) is 50.3 Å². The minimum atomic E-state index is -0.175. The predicted molar refractivity (Wildman–Crippen MR) is 70.9 cm³/mol. The summed E-state index contributed by atoms with van der Waals surface area (Å²) in [4.78, 5) is 26.8. The fourth-order valence-corrected chi connectivity index (χ4v) is 2.27. The van der Waals surface area contributed by atoms with Gasteiger partial charge in [0, 0.05) is 31.9 Å². The van der Waals surface area contributed by atoms with E-state index in [2.05, 4.69) is 5.32 Å². The molecule has 0 atom stereocenters. The summed E-state index contributed by atoms with van der Waals surface area (Å²) in [5.41, 5.74) is 0.749. The van der Waals surface area contributed by atoms with Crippen molar-refractivity contribution in [1.29, 1.82) is 0 Å². The van der Waals surface area contributed by atoms with Gasteiger partial charge in [0.05, 0.1) is 0 Å². The standard InChI is InChI=1S/C13H15N3O4/c1-14-12(17)7-15-4-5-16(13(15)18)9-2-3-10-11(6-9)20-8-19-10/h2-3,6H,4-5,7-8H2,1H3,(H,14,17). The number of benzene rings is 1. The number of carbonyl (C=O) groups is 2. The summed E-state index contributed by atoms with van der Waals surface area (Å²) >= 11 is 0. The van der Waals surface area contributed by atoms with Gasteiger partial charge in [0.25, 0.3) is 0 Å². The van der Waals surface area contributed by atoms with Crippen molar-refractivity contribution in [3.05, 3.63) is 18.2 Å². The van der Waals surface area contributed by atoms with E-state index >= 15 is 0 Å². The molecule has 0 unspecified atom stereocenters. The van der Waals surface area contributed by atoms with Crippen LogP contribution in [0.4, 0.5) is 10.5 Å². The molecule has 1 aromatic rings. The first kappa shape index (κ1) is 12.6. The van der Waals surface area contributed by atoms with Crippen LogP contribution in [0.15, 0.2) is 18.2 Å². The van der Waals surface area contributed by atoms with E-state index in [0.29, 0.717) is 24.6 Å². The normalized spacial score (nSPS) is 16.8. The van der Waals surface area contributed by atoms with E-state index in [1.807, 2.05) is 6.07 Å². The van der Waals surface area contributed by atoms with Gasteiger partial charge in [0.2, 0.25) is 12.7 Å². The minimum absolute atomic E-state index is 0.0797. The molecule has 2 heterocycles. The van der Waals surface area contributed by atoms with Gasteiger partial charge in [0.15, 0.2) is 11.5 Å². The van der Waals surface area contributed by atoms with Crippen molar-refractivity contribution in [3.63, 3.8) is 0 Å². The molecule has 1 fully saturated rings. The monoisotopic (exact) mass is 277 g/mol. The summed E-state index contributed by atoms with van der Waals surface area (Å²) in [6.45, 7) is 1.36. The van der Waals surface area contributed by atoms with E-state index in [4.69, 9.17) is 9.47 Å². The lowest BCUT2D eigenvalue weighted by Crippen LogP contribution is -2.38. The number of ether oxygens (including phenoxy) is 2. The van der Waals surface area contributed by atoms with Gasteiger partial charge in [0.1, 0.15) is 6.54 Å². The number of amides is 3. The van der Waals surface area contributed by atoms with Crippen LogP contribution in [0.25, 0.3) is 0 Å². The van der Waals surface area contributed by atoms with Gasteiger partial charge in [-0.05, 0) is 12.1 Å². The Bertz CT molecular complexity index is 561. The Morgan fingerprint density at radius 1 is 1.30 bits per heavy atom. The summed E-state index contributed by atoms with van der Waals surface area (Å²) < 4.78 is 10.5. The molecule has 0 bridgehead atoms. The lowest BCUT2D eigenvalue weighted by molar-refractivity contribution is -0.121. The number of hydrogen-bond donors (Lipinski definition) is 1. The summed E-state index contributed by atoms with van der Waals surface area (Å²) in [7, 11) is 1.55. The predicted octanol–water partition coefficient (Wildman–Crippen LogP) is 0.403. The first-order valence-corrected chi connectivity index (χ1v) is 6.35. The highest BCUT2D eigenvalue weighted by atomic mass is 16.7. The fraction of sp³-hybridized carbons (Fsp3) is 0.385. The zero-order valence-corrected chi connectivity index (χ0v) is 11.1. The number of likely N-dealkylation sites (N-methyl/N-ethyl adjacent to an activating group) is 1. The minimum Gasteiger partial charge on any atom is -0.454 e. The number of hydrogen-bond acceptors (Lipinski definition) is 4. The molecule has 2 aliphatic heterocycles. The van der Waals surface area contributed by atoms with Crippen LogP contribution in [0.5, 0.6) is 11.5 Å². The van der Waals surface area contributed by atoms with Gasteiger partial charge in [-0.25, -0.2) is 4.79 Å². The zero-order chi connectivity index (χ0) is 14.1. The van der Waals surface area contributed by atoms with Gasteiger partial charge < -0.3 is 19.7 Å². The summed E-state index contributed by atoms with van der Waals surface area (Å²) in [5.74, 6) is 1.15. The molecule has 20 heavy (non-hydrogen) atoms. The van der Waals surface area contributed by atoms with Crippen LogP contribution >= 0.6 is 0 Å². The molecule has 7 heteroatoms. The van der Waals surface area contributed by atoms with Crippen LogP contribution in [0.1, 0.15) is 0 Å². The first-order valence-electron chi connectivity index (χ1n) is 6.35. The topological polar surface area (TPSA) is 71.1 Å². The van der Waals surface area contributed by atoms with E-state index in [1.165, 1.54) is 4.90 Å². The second kappa shape index (κ2) is 4.92. The number of nitrogens with one attached hydrogen (secondary N) is 1. The third-order valence-corrected chi connectivity index (χ3v) is 3.38. The summed E-state index contributed by atoms with van der Waals surface area (Å²) in [6.07, 6.45) is 0. The molecule has 0 radical (unpaired) electrons. The molecule has 106 valence electrons. The Hall–Kier alpha value is -2.44. The van der Waals surface area contributed by atoms with Crippen LogP contribution in [0.2, 0.25) is 0 Å². The summed E-state index contributed by atoms with van der Waals surface area (Å²) in [6, 6.07) is 5.21. The van der Waals surface area contributed by atoms with Crippen molar-refractivity contribution in [2.45, 2.75) is 0 Å². The molecular formula is C13H15N3O4. The van der Waals surface area contributed by atoms with E-state index in [-0.39, 0.29) is 25.3 Å². The molecule has 2 aliphatic rings. The highest BCUT2D eigenvalue weighted by Gasteiger charge is 2.31. The van der Waals surface area contributed by atoms with Crippen molar-refractivity contribution in [2.24, 2.45) is 0 Å². The average Bonchev–Trinajstić information content (AvgIpc) is 3.05. The molecule has 1 saturated heterocycles. The number of fused-ring (bicyclic) bond motifs is 1. The maximum Gasteiger partial charge on any atom is 0.325 e. The highest BCUT2D eigenvalue weighted by molar-refractivity contribution is 5.96. The van der Waals surface area contributed by atoms with Crippen LogP contribution < -0.4 is 19.7 Å². The van der Waals surface area contributed by atoms with E-state index in [9.17, 15) is 9.59 Å². The average molecular weight is 277 g/mol. The van der Waals surface area contributed by atoms with Gasteiger partial charge in [-0.2, -0.15) is 0 Å². The SMILES string of the molecule is CNC(=O)CN1CCN(c2ccc3c(c2)OCO3)C1=O. The third kappa shape index (κ3) is 2.11. The zero-order valence-electron chi connectivity index (χ0n) is 11.1. The second-order valence-electron chi connectivity index (χ2n) is 4.57. The van der Waals surface area contributed by atoms with Gasteiger partial charge in [-0.15, -0.1) is 0 Å². The van der Waals surface area contributed by atoms with Gasteiger partial charge in [-0.1, -0.05) is 0 Å². The number of carbonyl (C=O) groups excluding carboxylic acids is 2. The molecule has 7 nitrogen and oxygen atoms in total. The molecule has 1 N–H and O–H groups in total. The Morgan fingerprint density at radius 3 is 2.90 bits per heavy atom. The van der Waals surface area contributed by atoms with Crippen molar-refractivity contribution in [1.82, 2.24) is 10.2 Å². The molecule has 0 aliphatic carbocycles. The quantitative estimate of drug-likeness (QED) is 0.868. The molecule has 0 aromatic heterocycles. The maximum atomic E-state index is 12.3. The van der Waals surface area contributed by atoms with E-state index < -0.39 is 0 Å². The van der Waals surface area contributed by atoms with Crippen molar-refractivity contribution < 1.29 is 19.1 Å². The Kier molecular flexibility index (Phi) is 3.09. The van der Waals surface area contributed by atoms with Gasteiger partial charge in [-0.3, -0.25) is 9.69 Å². The molecular weight excluding hydrogens is 262 g/mol.